The lowest BCUT2D eigenvalue weighted by Crippen LogP contribution is -2.57. The van der Waals surface area contributed by atoms with Gasteiger partial charge in [-0.3, -0.25) is 4.79 Å². The Hall–Kier alpha value is -2.26. The van der Waals surface area contributed by atoms with Gasteiger partial charge in [0, 0.05) is 17.7 Å². The molecular weight excluding hydrogens is 439 g/mol. The smallest absolute Gasteiger partial charge is 0.283 e. The van der Waals surface area contributed by atoms with Crippen molar-refractivity contribution in [1.82, 2.24) is 0 Å². The van der Waals surface area contributed by atoms with Crippen LogP contribution in [0.15, 0.2) is 35.3 Å². The van der Waals surface area contributed by atoms with Crippen LogP contribution in [0.5, 0.6) is 0 Å². The quantitative estimate of drug-likeness (QED) is 0.668. The topological polar surface area (TPSA) is 76.7 Å². The monoisotopic (exact) mass is 457 g/mol. The third-order valence-electron chi connectivity index (χ3n) is 5.61. The van der Waals surface area contributed by atoms with Gasteiger partial charge in [0.1, 0.15) is 17.5 Å². The van der Waals surface area contributed by atoms with E-state index in [0.29, 0.717) is 15.6 Å². The molecule has 10 heteroatoms. The predicted molar refractivity (Wildman–Crippen MR) is 110 cm³/mol. The maximum atomic E-state index is 14.9. The number of carbonyl (C=O) groups excluding carboxylic acids is 1. The second kappa shape index (κ2) is 7.46. The largest absolute Gasteiger partial charge is 0.461 e. The standard InChI is InChI=1S/C20H19ClF3N3O2S/c1-19(16-13(29-18(25)27-19)3-2-8-20(16,23)24)11-9-10(4-5-12(11)22)26-17(28)14-6-7-15(21)30-14/h4-7,9,13,16H,2-3,8H2,1H3,(H2,25,27)(H,26,28)/t13-,16+,19-/m1/s1. The number of ether oxygens (including phenoxy) is 1. The zero-order chi connectivity index (χ0) is 21.7. The van der Waals surface area contributed by atoms with Crippen LogP contribution in [0.1, 0.15) is 41.4 Å². The number of hydrogen-bond donors (Lipinski definition) is 2. The molecule has 2 aromatic rings. The van der Waals surface area contributed by atoms with Crippen LogP contribution >= 0.6 is 22.9 Å². The molecule has 1 aliphatic heterocycles. The van der Waals surface area contributed by atoms with E-state index in [9.17, 15) is 18.0 Å². The number of thiophene rings is 1. The van der Waals surface area contributed by atoms with E-state index in [1.807, 2.05) is 0 Å². The van der Waals surface area contributed by atoms with E-state index >= 15 is 0 Å². The molecule has 3 atom stereocenters. The van der Waals surface area contributed by atoms with Gasteiger partial charge in [0.2, 0.25) is 0 Å². The minimum Gasteiger partial charge on any atom is -0.461 e. The fraction of sp³-hybridized carbons (Fsp3) is 0.400. The lowest BCUT2D eigenvalue weighted by atomic mass is 9.68. The van der Waals surface area contributed by atoms with E-state index in [2.05, 4.69) is 10.3 Å². The van der Waals surface area contributed by atoms with Crippen molar-refractivity contribution in [3.63, 3.8) is 0 Å². The first-order chi connectivity index (χ1) is 14.1. The van der Waals surface area contributed by atoms with Crippen molar-refractivity contribution in [2.75, 3.05) is 5.32 Å². The second-order valence-electron chi connectivity index (χ2n) is 7.64. The summed E-state index contributed by atoms with van der Waals surface area (Å²) in [6.45, 7) is 1.43. The highest BCUT2D eigenvalue weighted by molar-refractivity contribution is 7.18. The number of amidine groups is 1. The van der Waals surface area contributed by atoms with Gasteiger partial charge in [-0.05, 0) is 50.1 Å². The molecule has 5 nitrogen and oxygen atoms in total. The summed E-state index contributed by atoms with van der Waals surface area (Å²) in [4.78, 5) is 16.9. The predicted octanol–water partition coefficient (Wildman–Crippen LogP) is 5.16. The molecule has 1 aromatic heterocycles. The van der Waals surface area contributed by atoms with E-state index in [1.54, 1.807) is 12.1 Å². The molecule has 2 heterocycles. The number of carbonyl (C=O) groups is 1. The van der Waals surface area contributed by atoms with E-state index in [0.717, 1.165) is 17.4 Å². The van der Waals surface area contributed by atoms with Crippen molar-refractivity contribution in [2.45, 2.75) is 43.8 Å². The molecule has 3 N–H and O–H groups in total. The first-order valence-corrected chi connectivity index (χ1v) is 10.6. The number of amides is 1. The number of hydrogen-bond acceptors (Lipinski definition) is 5. The third kappa shape index (κ3) is 3.65. The zero-order valence-corrected chi connectivity index (χ0v) is 17.5. The number of nitrogens with one attached hydrogen (secondary N) is 1. The summed E-state index contributed by atoms with van der Waals surface area (Å²) in [7, 11) is 0. The van der Waals surface area contributed by atoms with Gasteiger partial charge in [-0.25, -0.2) is 18.2 Å². The molecule has 0 spiro atoms. The molecule has 160 valence electrons. The normalized spacial score (nSPS) is 27.6. The van der Waals surface area contributed by atoms with Crippen molar-refractivity contribution in [2.24, 2.45) is 16.6 Å². The van der Waals surface area contributed by atoms with Crippen LogP contribution in [0.3, 0.4) is 0 Å². The van der Waals surface area contributed by atoms with E-state index < -0.39 is 35.2 Å². The molecule has 1 fully saturated rings. The molecule has 0 unspecified atom stereocenters. The molecule has 30 heavy (non-hydrogen) atoms. The van der Waals surface area contributed by atoms with Gasteiger partial charge >= 0.3 is 0 Å². The molecule has 2 aliphatic rings. The number of anilines is 1. The fourth-order valence-corrected chi connectivity index (χ4v) is 5.30. The van der Waals surface area contributed by atoms with Gasteiger partial charge in [0.15, 0.2) is 0 Å². The molecule has 1 amide bonds. The van der Waals surface area contributed by atoms with Crippen molar-refractivity contribution in [3.8, 4) is 0 Å². The average Bonchev–Trinajstić information content (AvgIpc) is 3.08. The average molecular weight is 458 g/mol. The maximum Gasteiger partial charge on any atom is 0.283 e. The zero-order valence-electron chi connectivity index (χ0n) is 15.9. The van der Waals surface area contributed by atoms with Gasteiger partial charge < -0.3 is 15.8 Å². The summed E-state index contributed by atoms with van der Waals surface area (Å²) in [6.07, 6.45) is -0.551. The van der Waals surface area contributed by atoms with Crippen LogP contribution in [-0.2, 0) is 10.3 Å². The number of halogens is 4. The van der Waals surface area contributed by atoms with Gasteiger partial charge in [-0.1, -0.05) is 11.6 Å². The third-order valence-corrected chi connectivity index (χ3v) is 6.84. The number of nitrogens with two attached hydrogens (primary N) is 1. The van der Waals surface area contributed by atoms with Crippen molar-refractivity contribution in [3.05, 3.63) is 50.9 Å². The Morgan fingerprint density at radius 1 is 1.37 bits per heavy atom. The minimum absolute atomic E-state index is 0.0765. The Balaban J connectivity index is 1.74. The first kappa shape index (κ1) is 21.0. The summed E-state index contributed by atoms with van der Waals surface area (Å²) in [5.74, 6) is -5.65. The SMILES string of the molecule is C[C@]1(c2cc(NC(=O)c3ccc(Cl)s3)ccc2F)N=C(N)O[C@@H]2CCCC(F)(F)[C@@H]21. The number of nitrogens with zero attached hydrogens (tertiary/aromatic N) is 1. The molecule has 1 saturated carbocycles. The van der Waals surface area contributed by atoms with Crippen LogP contribution in [-0.4, -0.2) is 24.0 Å². The van der Waals surface area contributed by atoms with Crippen LogP contribution in [0.2, 0.25) is 4.34 Å². The van der Waals surface area contributed by atoms with Crippen LogP contribution < -0.4 is 11.1 Å². The van der Waals surface area contributed by atoms with Gasteiger partial charge in [0.25, 0.3) is 17.9 Å². The summed E-state index contributed by atoms with van der Waals surface area (Å²) in [5, 5.41) is 2.65. The summed E-state index contributed by atoms with van der Waals surface area (Å²) in [6, 6.07) is 6.70. The Kier molecular flexibility index (Phi) is 5.22. The highest BCUT2D eigenvalue weighted by atomic mass is 35.5. The van der Waals surface area contributed by atoms with Gasteiger partial charge in [-0.2, -0.15) is 0 Å². The Morgan fingerprint density at radius 2 is 2.13 bits per heavy atom. The van der Waals surface area contributed by atoms with E-state index in [1.165, 1.54) is 19.1 Å². The van der Waals surface area contributed by atoms with Gasteiger partial charge in [0.05, 0.1) is 15.1 Å². The molecule has 1 aliphatic carbocycles. The van der Waals surface area contributed by atoms with Crippen molar-refractivity contribution in [1.29, 1.82) is 0 Å². The summed E-state index contributed by atoms with van der Waals surface area (Å²) >= 11 is 6.95. The van der Waals surface area contributed by atoms with E-state index in [-0.39, 0.29) is 30.1 Å². The second-order valence-corrected chi connectivity index (χ2v) is 9.35. The fourth-order valence-electron chi connectivity index (χ4n) is 4.36. The number of aliphatic imine (C=N–C) groups is 1. The van der Waals surface area contributed by atoms with Crippen LogP contribution in [0, 0.1) is 11.7 Å². The molecule has 0 bridgehead atoms. The van der Waals surface area contributed by atoms with E-state index in [4.69, 9.17) is 22.1 Å². The van der Waals surface area contributed by atoms with Crippen LogP contribution in [0.4, 0.5) is 18.9 Å². The first-order valence-electron chi connectivity index (χ1n) is 9.37. The number of benzene rings is 1. The van der Waals surface area contributed by atoms with Gasteiger partial charge in [-0.15, -0.1) is 11.3 Å². The van der Waals surface area contributed by atoms with Crippen molar-refractivity contribution >= 4 is 40.6 Å². The minimum atomic E-state index is -3.11. The summed E-state index contributed by atoms with van der Waals surface area (Å²) < 4.78 is 50.5. The van der Waals surface area contributed by atoms with Crippen molar-refractivity contribution < 1.29 is 22.7 Å². The highest BCUT2D eigenvalue weighted by Crippen LogP contribution is 2.53. The lowest BCUT2D eigenvalue weighted by molar-refractivity contribution is -0.163. The molecule has 0 radical (unpaired) electrons. The molecule has 0 saturated heterocycles. The Morgan fingerprint density at radius 3 is 2.83 bits per heavy atom. The number of alkyl halides is 2. The maximum absolute atomic E-state index is 14.9. The molecule has 1 aromatic carbocycles. The number of rotatable bonds is 3. The number of fused-ring (bicyclic) bond motifs is 1. The Labute approximate surface area is 180 Å². The molecule has 4 rings (SSSR count). The lowest BCUT2D eigenvalue weighted by Gasteiger charge is -2.48. The highest BCUT2D eigenvalue weighted by Gasteiger charge is 2.60. The molecular formula is C20H19ClF3N3O2S. The Bertz CT molecular complexity index is 1030. The summed E-state index contributed by atoms with van der Waals surface area (Å²) in [5.41, 5.74) is 4.28. The van der Waals surface area contributed by atoms with Crippen LogP contribution in [0.25, 0.3) is 0 Å².